The van der Waals surface area contributed by atoms with Crippen LogP contribution >= 0.6 is 15.9 Å². The maximum atomic E-state index is 4.38. The molecule has 0 atom stereocenters. The second-order valence-electron chi connectivity index (χ2n) is 5.07. The highest BCUT2D eigenvalue weighted by Crippen LogP contribution is 2.18. The van der Waals surface area contributed by atoms with Crippen molar-refractivity contribution in [3.05, 3.63) is 57.7 Å². The third kappa shape index (κ3) is 3.80. The number of anilines is 1. The van der Waals surface area contributed by atoms with Crippen LogP contribution in [0.3, 0.4) is 0 Å². The lowest BCUT2D eigenvalue weighted by Crippen LogP contribution is -2.03. The first kappa shape index (κ1) is 14.1. The fourth-order valence-corrected chi connectivity index (χ4v) is 2.38. The molecule has 0 aliphatic carbocycles. The minimum Gasteiger partial charge on any atom is -0.366 e. The minimum atomic E-state index is 0.581. The minimum absolute atomic E-state index is 0.581. The van der Waals surface area contributed by atoms with Gasteiger partial charge >= 0.3 is 0 Å². The Balaban J connectivity index is 2.02. The van der Waals surface area contributed by atoms with Gasteiger partial charge in [-0.15, -0.1) is 0 Å². The zero-order valence-electron chi connectivity index (χ0n) is 11.6. The summed E-state index contributed by atoms with van der Waals surface area (Å²) < 4.78 is 1.01. The van der Waals surface area contributed by atoms with Crippen LogP contribution in [0.15, 0.2) is 41.0 Å². The molecule has 0 amide bonds. The van der Waals surface area contributed by atoms with Crippen LogP contribution in [0.2, 0.25) is 0 Å². The molecule has 0 saturated carbocycles. The number of hydrogen-bond acceptors (Lipinski definition) is 2. The van der Waals surface area contributed by atoms with E-state index in [1.165, 1.54) is 11.1 Å². The van der Waals surface area contributed by atoms with Crippen LogP contribution in [-0.4, -0.2) is 4.98 Å². The summed E-state index contributed by atoms with van der Waals surface area (Å²) >= 11 is 3.42. The molecule has 0 aliphatic rings. The molecule has 0 fully saturated rings. The number of halogens is 1. The highest BCUT2D eigenvalue weighted by atomic mass is 79.9. The first-order valence-electron chi connectivity index (χ1n) is 6.51. The molecule has 2 rings (SSSR count). The molecule has 0 aliphatic heterocycles. The number of hydrogen-bond donors (Lipinski definition) is 1. The molecule has 0 bridgehead atoms. The maximum Gasteiger partial charge on any atom is 0.129 e. The molecule has 1 heterocycles. The zero-order chi connectivity index (χ0) is 13.8. The van der Waals surface area contributed by atoms with E-state index in [-0.39, 0.29) is 0 Å². The summed E-state index contributed by atoms with van der Waals surface area (Å²) in [6.45, 7) is 7.28. The molecule has 3 heteroatoms. The fourth-order valence-electron chi connectivity index (χ4n) is 1.93. The van der Waals surface area contributed by atoms with E-state index in [1.807, 2.05) is 6.20 Å². The first-order valence-corrected chi connectivity index (χ1v) is 7.30. The van der Waals surface area contributed by atoms with Crippen LogP contribution in [0.25, 0.3) is 0 Å². The van der Waals surface area contributed by atoms with E-state index >= 15 is 0 Å². The molecular formula is C16H19BrN2. The van der Waals surface area contributed by atoms with E-state index in [9.17, 15) is 0 Å². The van der Waals surface area contributed by atoms with E-state index in [0.717, 1.165) is 22.4 Å². The summed E-state index contributed by atoms with van der Waals surface area (Å²) in [6.07, 6.45) is 1.82. The molecule has 1 aromatic heterocycles. The number of nitrogens with one attached hydrogen (secondary N) is 1. The molecule has 0 unspecified atom stereocenters. The lowest BCUT2D eigenvalue weighted by Gasteiger charge is -2.10. The summed E-state index contributed by atoms with van der Waals surface area (Å²) in [7, 11) is 0. The molecule has 1 N–H and O–H groups in total. The van der Waals surface area contributed by atoms with Gasteiger partial charge < -0.3 is 5.32 Å². The van der Waals surface area contributed by atoms with Crippen LogP contribution in [0.5, 0.6) is 0 Å². The van der Waals surface area contributed by atoms with Crippen molar-refractivity contribution in [3.8, 4) is 0 Å². The summed E-state index contributed by atoms with van der Waals surface area (Å²) in [5, 5.41) is 3.37. The third-order valence-corrected chi connectivity index (χ3v) is 3.58. The van der Waals surface area contributed by atoms with Crippen molar-refractivity contribution in [2.75, 3.05) is 5.32 Å². The lowest BCUT2D eigenvalue weighted by atomic mass is 10.0. The Morgan fingerprint density at radius 1 is 1.21 bits per heavy atom. The number of benzene rings is 1. The summed E-state index contributed by atoms with van der Waals surface area (Å²) in [4.78, 5) is 4.38. The van der Waals surface area contributed by atoms with Crippen molar-refractivity contribution in [1.29, 1.82) is 0 Å². The smallest absolute Gasteiger partial charge is 0.129 e. The van der Waals surface area contributed by atoms with Gasteiger partial charge in [0.25, 0.3) is 0 Å². The second-order valence-corrected chi connectivity index (χ2v) is 5.98. The van der Waals surface area contributed by atoms with Gasteiger partial charge in [-0.25, -0.2) is 4.98 Å². The van der Waals surface area contributed by atoms with E-state index in [2.05, 4.69) is 77.3 Å². The van der Waals surface area contributed by atoms with Gasteiger partial charge in [0.2, 0.25) is 0 Å². The molecular weight excluding hydrogens is 300 g/mol. The molecule has 0 radical (unpaired) electrons. The molecule has 2 aromatic rings. The van der Waals surface area contributed by atoms with Gasteiger partial charge in [0.1, 0.15) is 5.82 Å². The Kier molecular flexibility index (Phi) is 4.59. The highest BCUT2D eigenvalue weighted by Gasteiger charge is 2.02. The zero-order valence-corrected chi connectivity index (χ0v) is 13.2. The SMILES string of the molecule is Cc1cc(Br)cnc1NCc1ccc(C(C)C)cc1. The van der Waals surface area contributed by atoms with Crippen LogP contribution in [0.1, 0.15) is 36.5 Å². The Morgan fingerprint density at radius 2 is 1.89 bits per heavy atom. The number of rotatable bonds is 4. The summed E-state index contributed by atoms with van der Waals surface area (Å²) in [6, 6.07) is 10.8. The van der Waals surface area contributed by atoms with Crippen molar-refractivity contribution in [3.63, 3.8) is 0 Å². The largest absolute Gasteiger partial charge is 0.366 e. The van der Waals surface area contributed by atoms with Crippen molar-refractivity contribution in [2.24, 2.45) is 0 Å². The Morgan fingerprint density at radius 3 is 2.47 bits per heavy atom. The van der Waals surface area contributed by atoms with E-state index in [1.54, 1.807) is 0 Å². The van der Waals surface area contributed by atoms with Gasteiger partial charge in [-0.05, 0) is 51.5 Å². The van der Waals surface area contributed by atoms with Gasteiger partial charge in [0, 0.05) is 17.2 Å². The molecule has 0 spiro atoms. The Hall–Kier alpha value is -1.35. The fraction of sp³-hybridized carbons (Fsp3) is 0.312. The first-order chi connectivity index (χ1) is 9.06. The quantitative estimate of drug-likeness (QED) is 0.868. The topological polar surface area (TPSA) is 24.9 Å². The number of aryl methyl sites for hydroxylation is 1. The molecule has 0 saturated heterocycles. The normalized spacial score (nSPS) is 10.8. The summed E-state index contributed by atoms with van der Waals surface area (Å²) in [5.74, 6) is 1.52. The van der Waals surface area contributed by atoms with E-state index in [0.29, 0.717) is 5.92 Å². The van der Waals surface area contributed by atoms with Crippen molar-refractivity contribution in [1.82, 2.24) is 4.98 Å². The number of pyridine rings is 1. The van der Waals surface area contributed by atoms with Crippen LogP contribution in [0, 0.1) is 6.92 Å². The Labute approximate surface area is 123 Å². The molecule has 1 aromatic carbocycles. The number of aromatic nitrogens is 1. The average molecular weight is 319 g/mol. The predicted molar refractivity (Wildman–Crippen MR) is 84.5 cm³/mol. The van der Waals surface area contributed by atoms with Crippen LogP contribution in [0.4, 0.5) is 5.82 Å². The van der Waals surface area contributed by atoms with Crippen molar-refractivity contribution < 1.29 is 0 Å². The highest BCUT2D eigenvalue weighted by molar-refractivity contribution is 9.10. The second kappa shape index (κ2) is 6.20. The van der Waals surface area contributed by atoms with E-state index in [4.69, 9.17) is 0 Å². The monoisotopic (exact) mass is 318 g/mol. The van der Waals surface area contributed by atoms with Crippen LogP contribution in [-0.2, 0) is 6.54 Å². The third-order valence-electron chi connectivity index (χ3n) is 3.15. The van der Waals surface area contributed by atoms with Gasteiger partial charge in [0.15, 0.2) is 0 Å². The molecule has 19 heavy (non-hydrogen) atoms. The maximum absolute atomic E-state index is 4.38. The van der Waals surface area contributed by atoms with Crippen LogP contribution < -0.4 is 5.32 Å². The molecule has 100 valence electrons. The van der Waals surface area contributed by atoms with Gasteiger partial charge in [-0.3, -0.25) is 0 Å². The number of nitrogens with zero attached hydrogens (tertiary/aromatic N) is 1. The van der Waals surface area contributed by atoms with E-state index < -0.39 is 0 Å². The average Bonchev–Trinajstić information content (AvgIpc) is 2.38. The molecule has 2 nitrogen and oxygen atoms in total. The summed E-state index contributed by atoms with van der Waals surface area (Å²) in [5.41, 5.74) is 3.79. The van der Waals surface area contributed by atoms with Crippen molar-refractivity contribution >= 4 is 21.7 Å². The van der Waals surface area contributed by atoms with Gasteiger partial charge in [-0.2, -0.15) is 0 Å². The predicted octanol–water partition coefficient (Wildman–Crippen LogP) is 4.89. The van der Waals surface area contributed by atoms with Crippen molar-refractivity contribution in [2.45, 2.75) is 33.2 Å². The van der Waals surface area contributed by atoms with Gasteiger partial charge in [-0.1, -0.05) is 38.1 Å². The lowest BCUT2D eigenvalue weighted by molar-refractivity contribution is 0.865. The Bertz CT molecular complexity index is 547. The van der Waals surface area contributed by atoms with Gasteiger partial charge in [0.05, 0.1) is 0 Å². The standard InChI is InChI=1S/C16H19BrN2/c1-11(2)14-6-4-13(5-7-14)9-18-16-12(3)8-15(17)10-19-16/h4-8,10-11H,9H2,1-3H3,(H,18,19).